The maximum atomic E-state index is 6.04. The molecular weight excluding hydrogens is 340 g/mol. The van der Waals surface area contributed by atoms with Crippen molar-refractivity contribution in [2.45, 2.75) is 18.9 Å². The highest BCUT2D eigenvalue weighted by molar-refractivity contribution is 5.83. The molecule has 1 aliphatic heterocycles. The minimum absolute atomic E-state index is 0.279. The summed E-state index contributed by atoms with van der Waals surface area (Å²) >= 11 is 0. The Hall–Kier alpha value is -3.19. The Balaban J connectivity index is 1.40. The third kappa shape index (κ3) is 3.17. The van der Waals surface area contributed by atoms with E-state index in [9.17, 15) is 0 Å². The van der Waals surface area contributed by atoms with Crippen LogP contribution in [0.5, 0.6) is 5.75 Å². The summed E-state index contributed by atoms with van der Waals surface area (Å²) < 4.78 is 9.87. The summed E-state index contributed by atoms with van der Waals surface area (Å²) in [6, 6.07) is 12.3. The molecule has 136 valence electrons. The van der Waals surface area contributed by atoms with E-state index in [0.717, 1.165) is 54.1 Å². The molecule has 1 aliphatic rings. The lowest BCUT2D eigenvalue weighted by atomic mass is 10.1. The second kappa shape index (κ2) is 6.85. The predicted molar refractivity (Wildman–Crippen MR) is 103 cm³/mol. The van der Waals surface area contributed by atoms with Gasteiger partial charge < -0.3 is 14.6 Å². The zero-order valence-corrected chi connectivity index (χ0v) is 14.8. The van der Waals surface area contributed by atoms with Crippen LogP contribution in [0, 0.1) is 0 Å². The number of hydrogen-bond acceptors (Lipinski definition) is 5. The van der Waals surface area contributed by atoms with Crippen molar-refractivity contribution in [2.24, 2.45) is 0 Å². The van der Waals surface area contributed by atoms with Gasteiger partial charge in [-0.05, 0) is 62.3 Å². The van der Waals surface area contributed by atoms with Crippen LogP contribution in [0.3, 0.4) is 0 Å². The van der Waals surface area contributed by atoms with Gasteiger partial charge in [-0.15, -0.1) is 0 Å². The molecule has 0 saturated carbocycles. The first-order chi connectivity index (χ1) is 13.4. The molecule has 0 spiro atoms. The minimum atomic E-state index is 0.279. The number of benzene rings is 1. The molecule has 0 amide bonds. The van der Waals surface area contributed by atoms with Crippen LogP contribution in [-0.2, 0) is 0 Å². The topological polar surface area (TPSA) is 69.8 Å². The number of nitrogens with one attached hydrogen (secondary N) is 1. The fourth-order valence-electron chi connectivity index (χ4n) is 3.50. The summed E-state index contributed by atoms with van der Waals surface area (Å²) in [5.74, 6) is 1.70. The maximum Gasteiger partial charge on any atom is 0.138 e. The number of pyridine rings is 1. The van der Waals surface area contributed by atoms with Gasteiger partial charge in [0, 0.05) is 11.6 Å². The second-order valence-electron chi connectivity index (χ2n) is 6.69. The molecule has 5 rings (SSSR count). The molecule has 3 aromatic heterocycles. The lowest BCUT2D eigenvalue weighted by Gasteiger charge is -2.23. The van der Waals surface area contributed by atoms with E-state index in [4.69, 9.17) is 4.74 Å². The summed E-state index contributed by atoms with van der Waals surface area (Å²) in [7, 11) is 0. The van der Waals surface area contributed by atoms with Crippen LogP contribution < -0.4 is 10.1 Å². The normalized spacial score (nSPS) is 15.3. The van der Waals surface area contributed by atoms with Gasteiger partial charge in [-0.2, -0.15) is 5.10 Å². The Kier molecular flexibility index (Phi) is 4.06. The fraction of sp³-hybridized carbons (Fsp3) is 0.250. The molecule has 0 bridgehead atoms. The van der Waals surface area contributed by atoms with Gasteiger partial charge in [-0.1, -0.05) is 0 Å². The third-order valence-electron chi connectivity index (χ3n) is 4.91. The van der Waals surface area contributed by atoms with Crippen molar-refractivity contribution in [3.05, 3.63) is 61.4 Å². The first-order valence-electron chi connectivity index (χ1n) is 9.17. The highest BCUT2D eigenvalue weighted by Gasteiger charge is 2.14. The average Bonchev–Trinajstić information content (AvgIpc) is 3.39. The van der Waals surface area contributed by atoms with E-state index in [-0.39, 0.29) is 6.10 Å². The number of rotatable bonds is 4. The number of hydrogen-bond donors (Lipinski definition) is 1. The predicted octanol–water partition coefficient (Wildman–Crippen LogP) is 2.74. The first-order valence-corrected chi connectivity index (χ1v) is 9.17. The van der Waals surface area contributed by atoms with E-state index in [1.807, 2.05) is 30.6 Å². The van der Waals surface area contributed by atoms with Gasteiger partial charge in [0.05, 0.1) is 17.4 Å². The minimum Gasteiger partial charge on any atom is -0.489 e. The molecule has 1 fully saturated rings. The molecule has 7 heteroatoms. The molecule has 7 nitrogen and oxygen atoms in total. The van der Waals surface area contributed by atoms with Gasteiger partial charge in [-0.3, -0.25) is 0 Å². The highest BCUT2D eigenvalue weighted by atomic mass is 16.5. The number of aromatic nitrogens is 5. The molecular formula is C20H20N6O. The van der Waals surface area contributed by atoms with Crippen LogP contribution in [0.15, 0.2) is 61.4 Å². The van der Waals surface area contributed by atoms with Crippen molar-refractivity contribution in [3.63, 3.8) is 0 Å². The Labute approximate surface area is 156 Å². The Morgan fingerprint density at radius 1 is 1.07 bits per heavy atom. The molecule has 0 unspecified atom stereocenters. The van der Waals surface area contributed by atoms with Crippen LogP contribution >= 0.6 is 0 Å². The van der Waals surface area contributed by atoms with Crippen molar-refractivity contribution in [3.8, 4) is 17.3 Å². The lowest BCUT2D eigenvalue weighted by molar-refractivity contribution is 0.162. The van der Waals surface area contributed by atoms with Crippen LogP contribution in [0.4, 0.5) is 0 Å². The van der Waals surface area contributed by atoms with Crippen LogP contribution in [0.1, 0.15) is 12.8 Å². The number of nitrogens with zero attached hydrogens (tertiary/aromatic N) is 5. The molecule has 4 heterocycles. The monoisotopic (exact) mass is 360 g/mol. The van der Waals surface area contributed by atoms with Crippen molar-refractivity contribution < 1.29 is 4.74 Å². The number of piperidine rings is 1. The zero-order chi connectivity index (χ0) is 18.1. The maximum absolute atomic E-state index is 6.04. The lowest BCUT2D eigenvalue weighted by Crippen LogP contribution is -2.34. The smallest absolute Gasteiger partial charge is 0.138 e. The second-order valence-corrected chi connectivity index (χ2v) is 6.69. The Morgan fingerprint density at radius 2 is 2.00 bits per heavy atom. The molecule has 0 radical (unpaired) electrons. The van der Waals surface area contributed by atoms with Crippen LogP contribution in [-0.4, -0.2) is 43.5 Å². The molecule has 1 N–H and O–H groups in total. The zero-order valence-electron chi connectivity index (χ0n) is 14.8. The standard InChI is InChI=1S/C20H20N6O/c1-3-19-15(11-16(1)26-14-22-13-24-26)7-10-25(19)20-4-2-18(12-23-20)27-17-5-8-21-9-6-17/h1-4,7,10-14,17,21H,5-6,8-9H2. The SMILES string of the molecule is c1ncn(-c2ccc3c(ccn3-c3ccc(OC4CCNCC4)cn3)c2)n1. The summed E-state index contributed by atoms with van der Waals surface area (Å²) in [6.45, 7) is 2.03. The summed E-state index contributed by atoms with van der Waals surface area (Å²) in [4.78, 5) is 8.61. The molecule has 27 heavy (non-hydrogen) atoms. The van der Waals surface area contributed by atoms with E-state index >= 15 is 0 Å². The average molecular weight is 360 g/mol. The van der Waals surface area contributed by atoms with E-state index in [1.165, 1.54) is 6.33 Å². The first kappa shape index (κ1) is 16.0. The quantitative estimate of drug-likeness (QED) is 0.606. The fourth-order valence-corrected chi connectivity index (χ4v) is 3.50. The molecule has 4 aromatic rings. The van der Waals surface area contributed by atoms with Gasteiger partial charge in [0.15, 0.2) is 0 Å². The van der Waals surface area contributed by atoms with Crippen molar-refractivity contribution in [2.75, 3.05) is 13.1 Å². The van der Waals surface area contributed by atoms with E-state index in [1.54, 1.807) is 11.0 Å². The van der Waals surface area contributed by atoms with Gasteiger partial charge in [0.1, 0.15) is 30.3 Å². The van der Waals surface area contributed by atoms with Gasteiger partial charge in [0.25, 0.3) is 0 Å². The van der Waals surface area contributed by atoms with Gasteiger partial charge >= 0.3 is 0 Å². The summed E-state index contributed by atoms with van der Waals surface area (Å²) in [5, 5.41) is 8.66. The number of fused-ring (bicyclic) bond motifs is 1. The third-order valence-corrected chi connectivity index (χ3v) is 4.91. The largest absolute Gasteiger partial charge is 0.489 e. The van der Waals surface area contributed by atoms with Crippen molar-refractivity contribution >= 4 is 10.9 Å². The van der Waals surface area contributed by atoms with Crippen molar-refractivity contribution in [1.82, 2.24) is 29.6 Å². The van der Waals surface area contributed by atoms with E-state index < -0.39 is 0 Å². The molecule has 1 saturated heterocycles. The Morgan fingerprint density at radius 3 is 2.78 bits per heavy atom. The van der Waals surface area contributed by atoms with Gasteiger partial charge in [0.2, 0.25) is 0 Å². The van der Waals surface area contributed by atoms with E-state index in [0.29, 0.717) is 0 Å². The summed E-state index contributed by atoms with van der Waals surface area (Å²) in [6.07, 6.45) is 9.43. The number of ether oxygens (including phenoxy) is 1. The summed E-state index contributed by atoms with van der Waals surface area (Å²) in [5.41, 5.74) is 2.08. The van der Waals surface area contributed by atoms with Crippen LogP contribution in [0.25, 0.3) is 22.4 Å². The molecule has 0 aliphatic carbocycles. The van der Waals surface area contributed by atoms with Gasteiger partial charge in [-0.25, -0.2) is 14.6 Å². The molecule has 0 atom stereocenters. The van der Waals surface area contributed by atoms with Crippen molar-refractivity contribution in [1.29, 1.82) is 0 Å². The molecule has 1 aromatic carbocycles. The van der Waals surface area contributed by atoms with E-state index in [2.05, 4.69) is 43.1 Å². The Bertz CT molecular complexity index is 1030. The highest BCUT2D eigenvalue weighted by Crippen LogP contribution is 2.23. The van der Waals surface area contributed by atoms with Crippen LogP contribution in [0.2, 0.25) is 0 Å².